The van der Waals surface area contributed by atoms with Crippen molar-refractivity contribution >= 4 is 0 Å². The van der Waals surface area contributed by atoms with Gasteiger partial charge in [-0.2, -0.15) is 0 Å². The minimum Gasteiger partial charge on any atom is -0.393 e. The predicted octanol–water partition coefficient (Wildman–Crippen LogP) is 0.378. The third-order valence-electron chi connectivity index (χ3n) is 2.04. The lowest BCUT2D eigenvalue weighted by atomic mass is 9.87. The van der Waals surface area contributed by atoms with Gasteiger partial charge >= 0.3 is 0 Å². The molecule has 3 heteroatoms. The van der Waals surface area contributed by atoms with Gasteiger partial charge in [0.25, 0.3) is 0 Å². The number of aliphatic hydroxyl groups is 1. The summed E-state index contributed by atoms with van der Waals surface area (Å²) < 4.78 is 10.1. The van der Waals surface area contributed by atoms with E-state index in [1.54, 1.807) is 6.92 Å². The zero-order valence-electron chi connectivity index (χ0n) is 6.46. The molecule has 0 radical (unpaired) electrons. The maximum absolute atomic E-state index is 9.28. The van der Waals surface area contributed by atoms with E-state index in [4.69, 9.17) is 9.47 Å². The van der Waals surface area contributed by atoms with Crippen molar-refractivity contribution in [3.63, 3.8) is 0 Å². The Bertz CT molecular complexity index is 105. The summed E-state index contributed by atoms with van der Waals surface area (Å²) in [5.41, 5.74) is -0.210. The molecule has 0 aromatic heterocycles. The fourth-order valence-electron chi connectivity index (χ4n) is 0.891. The number of hydrogen-bond acceptors (Lipinski definition) is 3. The summed E-state index contributed by atoms with van der Waals surface area (Å²) >= 11 is 0. The van der Waals surface area contributed by atoms with Crippen LogP contribution >= 0.6 is 0 Å². The predicted molar refractivity (Wildman–Crippen MR) is 36.6 cm³/mol. The van der Waals surface area contributed by atoms with E-state index in [9.17, 15) is 5.11 Å². The van der Waals surface area contributed by atoms with Crippen molar-refractivity contribution in [2.45, 2.75) is 20.0 Å². The average molecular weight is 146 g/mol. The maximum atomic E-state index is 9.28. The third kappa shape index (κ3) is 1.48. The van der Waals surface area contributed by atoms with Gasteiger partial charge in [-0.1, -0.05) is 6.92 Å². The highest BCUT2D eigenvalue weighted by Gasteiger charge is 2.33. The van der Waals surface area contributed by atoms with Crippen LogP contribution in [0.2, 0.25) is 0 Å². The summed E-state index contributed by atoms with van der Waals surface area (Å²) in [5.74, 6) is 0. The van der Waals surface area contributed by atoms with Gasteiger partial charge in [0, 0.05) is 5.41 Å². The Balaban J connectivity index is 2.48. The molecule has 1 rings (SSSR count). The van der Waals surface area contributed by atoms with Gasteiger partial charge in [-0.3, -0.25) is 0 Å². The first kappa shape index (κ1) is 7.98. The van der Waals surface area contributed by atoms with Crippen LogP contribution in [0.1, 0.15) is 13.8 Å². The summed E-state index contributed by atoms with van der Waals surface area (Å²) in [5, 5.41) is 9.28. The summed E-state index contributed by atoms with van der Waals surface area (Å²) in [7, 11) is 0. The van der Waals surface area contributed by atoms with E-state index >= 15 is 0 Å². The van der Waals surface area contributed by atoms with Crippen LogP contribution in [0.5, 0.6) is 0 Å². The fraction of sp³-hybridized carbons (Fsp3) is 1.00. The average Bonchev–Trinajstić information content (AvgIpc) is 1.89. The SMILES string of the molecule is CC(O)C1(C)COCOC1. The second-order valence-electron chi connectivity index (χ2n) is 3.14. The smallest absolute Gasteiger partial charge is 0.146 e. The van der Waals surface area contributed by atoms with Crippen molar-refractivity contribution in [2.75, 3.05) is 20.0 Å². The minimum atomic E-state index is -0.368. The molecule has 1 fully saturated rings. The molecule has 1 aliphatic rings. The largest absolute Gasteiger partial charge is 0.393 e. The first-order valence-corrected chi connectivity index (χ1v) is 3.49. The molecule has 0 bridgehead atoms. The van der Waals surface area contributed by atoms with Crippen LogP contribution < -0.4 is 0 Å². The maximum Gasteiger partial charge on any atom is 0.146 e. The Morgan fingerprint density at radius 3 is 2.20 bits per heavy atom. The quantitative estimate of drug-likeness (QED) is 0.581. The van der Waals surface area contributed by atoms with Crippen LogP contribution in [0.3, 0.4) is 0 Å². The molecule has 0 aromatic rings. The molecule has 3 nitrogen and oxygen atoms in total. The molecular weight excluding hydrogens is 132 g/mol. The molecule has 0 amide bonds. The standard InChI is InChI=1S/C7H14O3/c1-6(8)7(2)3-9-5-10-4-7/h6,8H,3-5H2,1-2H3. The molecule has 1 unspecified atom stereocenters. The summed E-state index contributed by atoms with van der Waals surface area (Å²) in [6.45, 7) is 5.26. The van der Waals surface area contributed by atoms with Crippen molar-refractivity contribution < 1.29 is 14.6 Å². The second-order valence-corrected chi connectivity index (χ2v) is 3.14. The topological polar surface area (TPSA) is 38.7 Å². The Morgan fingerprint density at radius 1 is 1.40 bits per heavy atom. The molecule has 1 heterocycles. The van der Waals surface area contributed by atoms with E-state index in [0.717, 1.165) is 0 Å². The molecule has 0 aliphatic carbocycles. The zero-order valence-corrected chi connectivity index (χ0v) is 6.46. The molecule has 10 heavy (non-hydrogen) atoms. The van der Waals surface area contributed by atoms with Crippen LogP contribution in [0.4, 0.5) is 0 Å². The van der Waals surface area contributed by atoms with Crippen LogP contribution in [-0.2, 0) is 9.47 Å². The van der Waals surface area contributed by atoms with E-state index in [1.165, 1.54) is 0 Å². The van der Waals surface area contributed by atoms with Gasteiger partial charge in [-0.15, -0.1) is 0 Å². The monoisotopic (exact) mass is 146 g/mol. The summed E-state index contributed by atoms with van der Waals surface area (Å²) in [6.07, 6.45) is -0.368. The lowest BCUT2D eigenvalue weighted by molar-refractivity contribution is -0.185. The second kappa shape index (κ2) is 2.86. The van der Waals surface area contributed by atoms with Gasteiger partial charge in [0.15, 0.2) is 0 Å². The molecule has 0 saturated carbocycles. The van der Waals surface area contributed by atoms with Crippen LogP contribution in [0.15, 0.2) is 0 Å². The van der Waals surface area contributed by atoms with Crippen LogP contribution in [-0.4, -0.2) is 31.2 Å². The third-order valence-corrected chi connectivity index (χ3v) is 2.04. The van der Waals surface area contributed by atoms with Gasteiger partial charge in [-0.05, 0) is 6.92 Å². The van der Waals surface area contributed by atoms with Crippen molar-refractivity contribution in [2.24, 2.45) is 5.41 Å². The molecule has 1 atom stereocenters. The highest BCUT2D eigenvalue weighted by atomic mass is 16.7. The van der Waals surface area contributed by atoms with Crippen molar-refractivity contribution in [3.05, 3.63) is 0 Å². The lowest BCUT2D eigenvalue weighted by Gasteiger charge is -2.35. The van der Waals surface area contributed by atoms with Gasteiger partial charge in [0.1, 0.15) is 6.79 Å². The molecule has 1 N–H and O–H groups in total. The first-order valence-electron chi connectivity index (χ1n) is 3.49. The van der Waals surface area contributed by atoms with Crippen molar-refractivity contribution in [1.29, 1.82) is 0 Å². The van der Waals surface area contributed by atoms with Crippen LogP contribution in [0, 0.1) is 5.41 Å². The van der Waals surface area contributed by atoms with Crippen molar-refractivity contribution in [1.82, 2.24) is 0 Å². The Labute approximate surface area is 60.9 Å². The Morgan fingerprint density at radius 2 is 1.90 bits per heavy atom. The number of ether oxygens (including phenoxy) is 2. The van der Waals surface area contributed by atoms with E-state index < -0.39 is 0 Å². The van der Waals surface area contributed by atoms with E-state index in [2.05, 4.69) is 0 Å². The van der Waals surface area contributed by atoms with Gasteiger partial charge in [-0.25, -0.2) is 0 Å². The number of hydrogen-bond donors (Lipinski definition) is 1. The lowest BCUT2D eigenvalue weighted by Crippen LogP contribution is -2.42. The fourth-order valence-corrected chi connectivity index (χ4v) is 0.891. The van der Waals surface area contributed by atoms with Gasteiger partial charge in [0.2, 0.25) is 0 Å². The number of rotatable bonds is 1. The normalized spacial score (nSPS) is 27.9. The highest BCUT2D eigenvalue weighted by molar-refractivity contribution is 4.80. The van der Waals surface area contributed by atoms with E-state index in [1.807, 2.05) is 6.92 Å². The summed E-state index contributed by atoms with van der Waals surface area (Å²) in [4.78, 5) is 0. The number of aliphatic hydroxyl groups excluding tert-OH is 1. The molecule has 0 spiro atoms. The molecule has 1 saturated heterocycles. The Hall–Kier alpha value is -0.120. The molecular formula is C7H14O3. The van der Waals surface area contributed by atoms with Gasteiger partial charge < -0.3 is 14.6 Å². The zero-order chi connectivity index (χ0) is 7.61. The minimum absolute atomic E-state index is 0.210. The molecule has 1 aliphatic heterocycles. The summed E-state index contributed by atoms with van der Waals surface area (Å²) in [6, 6.07) is 0. The molecule has 60 valence electrons. The highest BCUT2D eigenvalue weighted by Crippen LogP contribution is 2.25. The first-order chi connectivity index (χ1) is 4.65. The van der Waals surface area contributed by atoms with E-state index in [-0.39, 0.29) is 11.5 Å². The Kier molecular flexibility index (Phi) is 2.28. The van der Waals surface area contributed by atoms with Crippen molar-refractivity contribution in [3.8, 4) is 0 Å². The molecule has 0 aromatic carbocycles. The van der Waals surface area contributed by atoms with Crippen LogP contribution in [0.25, 0.3) is 0 Å². The van der Waals surface area contributed by atoms with Gasteiger partial charge in [0.05, 0.1) is 19.3 Å². The van der Waals surface area contributed by atoms with E-state index in [0.29, 0.717) is 20.0 Å².